The SMILES string of the molecule is C[C@@H](O)c1ccc(N2CCC(N(C)C)CC2)c(F)c1. The topological polar surface area (TPSA) is 26.7 Å². The quantitative estimate of drug-likeness (QED) is 0.910. The molecule has 0 aromatic heterocycles. The maximum atomic E-state index is 14.1. The number of aliphatic hydroxyl groups is 1. The van der Waals surface area contributed by atoms with E-state index in [2.05, 4.69) is 23.9 Å². The third-order valence-corrected chi connectivity index (χ3v) is 3.99. The van der Waals surface area contributed by atoms with Gasteiger partial charge in [-0.3, -0.25) is 0 Å². The lowest BCUT2D eigenvalue weighted by Gasteiger charge is -2.36. The molecule has 0 bridgehead atoms. The minimum Gasteiger partial charge on any atom is -0.389 e. The molecule has 0 unspecified atom stereocenters. The first-order chi connectivity index (χ1) is 8.99. The zero-order chi connectivity index (χ0) is 14.0. The van der Waals surface area contributed by atoms with Crippen molar-refractivity contribution in [1.29, 1.82) is 0 Å². The van der Waals surface area contributed by atoms with E-state index in [1.165, 1.54) is 6.07 Å². The van der Waals surface area contributed by atoms with Gasteiger partial charge >= 0.3 is 0 Å². The lowest BCUT2D eigenvalue weighted by Crippen LogP contribution is -2.42. The van der Waals surface area contributed by atoms with Crippen LogP contribution in [0.2, 0.25) is 0 Å². The minimum atomic E-state index is -0.622. The van der Waals surface area contributed by atoms with E-state index in [0.29, 0.717) is 17.3 Å². The number of hydrogen-bond acceptors (Lipinski definition) is 3. The Morgan fingerprint density at radius 3 is 2.42 bits per heavy atom. The van der Waals surface area contributed by atoms with Gasteiger partial charge in [0.2, 0.25) is 0 Å². The Labute approximate surface area is 114 Å². The Bertz CT molecular complexity index is 426. The number of anilines is 1. The first-order valence-electron chi connectivity index (χ1n) is 6.88. The summed E-state index contributed by atoms with van der Waals surface area (Å²) in [5.41, 5.74) is 1.28. The predicted molar refractivity (Wildman–Crippen MR) is 76.0 cm³/mol. The molecular weight excluding hydrogens is 243 g/mol. The molecule has 1 saturated heterocycles. The highest BCUT2D eigenvalue weighted by Gasteiger charge is 2.22. The highest BCUT2D eigenvalue weighted by Crippen LogP contribution is 2.26. The zero-order valence-electron chi connectivity index (χ0n) is 11.9. The van der Waals surface area contributed by atoms with Crippen molar-refractivity contribution >= 4 is 5.69 Å². The standard InChI is InChI=1S/C15H23FN2O/c1-11(19)12-4-5-15(14(16)10-12)18-8-6-13(7-9-18)17(2)3/h4-5,10-11,13,19H,6-9H2,1-3H3/t11-/m1/s1. The Hall–Kier alpha value is -1.13. The van der Waals surface area contributed by atoms with Crippen LogP contribution in [-0.2, 0) is 0 Å². The number of rotatable bonds is 3. The maximum Gasteiger partial charge on any atom is 0.146 e. The largest absolute Gasteiger partial charge is 0.389 e. The Morgan fingerprint density at radius 1 is 1.32 bits per heavy atom. The molecule has 0 saturated carbocycles. The molecule has 0 aliphatic carbocycles. The molecule has 1 N–H and O–H groups in total. The van der Waals surface area contributed by atoms with E-state index >= 15 is 0 Å². The molecule has 1 heterocycles. The molecule has 0 radical (unpaired) electrons. The first-order valence-corrected chi connectivity index (χ1v) is 6.88. The van der Waals surface area contributed by atoms with Crippen LogP contribution in [0.4, 0.5) is 10.1 Å². The highest BCUT2D eigenvalue weighted by atomic mass is 19.1. The number of halogens is 1. The van der Waals surface area contributed by atoms with Gasteiger partial charge in [-0.2, -0.15) is 0 Å². The summed E-state index contributed by atoms with van der Waals surface area (Å²) in [5, 5.41) is 9.46. The van der Waals surface area contributed by atoms with Crippen molar-refractivity contribution in [3.05, 3.63) is 29.6 Å². The summed E-state index contributed by atoms with van der Waals surface area (Å²) in [6.45, 7) is 3.42. The van der Waals surface area contributed by atoms with E-state index in [-0.39, 0.29) is 5.82 Å². The van der Waals surface area contributed by atoms with Crippen molar-refractivity contribution in [1.82, 2.24) is 4.90 Å². The zero-order valence-corrected chi connectivity index (χ0v) is 11.9. The number of benzene rings is 1. The lowest BCUT2D eigenvalue weighted by molar-refractivity contribution is 0.199. The normalized spacial score (nSPS) is 18.9. The van der Waals surface area contributed by atoms with Crippen molar-refractivity contribution in [3.8, 4) is 0 Å². The molecular formula is C15H23FN2O. The fourth-order valence-corrected chi connectivity index (χ4v) is 2.66. The lowest BCUT2D eigenvalue weighted by atomic mass is 10.0. The monoisotopic (exact) mass is 266 g/mol. The van der Waals surface area contributed by atoms with Crippen LogP contribution in [0.15, 0.2) is 18.2 Å². The van der Waals surface area contributed by atoms with Gasteiger partial charge in [-0.1, -0.05) is 6.07 Å². The number of nitrogens with zero attached hydrogens (tertiary/aromatic N) is 2. The van der Waals surface area contributed by atoms with Gasteiger partial charge in [-0.15, -0.1) is 0 Å². The third-order valence-electron chi connectivity index (χ3n) is 3.99. The van der Waals surface area contributed by atoms with Crippen LogP contribution in [0.25, 0.3) is 0 Å². The second-order valence-corrected chi connectivity index (χ2v) is 5.57. The Kier molecular flexibility index (Phi) is 4.42. The van der Waals surface area contributed by atoms with Crippen LogP contribution < -0.4 is 4.90 Å². The van der Waals surface area contributed by atoms with Gasteiger partial charge in [0.15, 0.2) is 0 Å². The summed E-state index contributed by atoms with van der Waals surface area (Å²) in [6, 6.07) is 5.63. The van der Waals surface area contributed by atoms with Crippen LogP contribution in [0.1, 0.15) is 31.4 Å². The van der Waals surface area contributed by atoms with Gasteiger partial charge in [0, 0.05) is 19.1 Å². The van der Waals surface area contributed by atoms with Crippen LogP contribution in [0.5, 0.6) is 0 Å². The molecule has 1 atom stereocenters. The average Bonchev–Trinajstić information content (AvgIpc) is 2.38. The van der Waals surface area contributed by atoms with Crippen molar-refractivity contribution in [2.24, 2.45) is 0 Å². The molecule has 1 aliphatic rings. The van der Waals surface area contributed by atoms with E-state index in [9.17, 15) is 9.50 Å². The van der Waals surface area contributed by atoms with E-state index in [0.717, 1.165) is 25.9 Å². The molecule has 1 aliphatic heterocycles. The van der Waals surface area contributed by atoms with Gasteiger partial charge in [-0.25, -0.2) is 4.39 Å². The molecule has 106 valence electrons. The molecule has 1 aromatic carbocycles. The molecule has 4 heteroatoms. The summed E-state index contributed by atoms with van der Waals surface area (Å²) >= 11 is 0. The Balaban J connectivity index is 2.07. The second-order valence-electron chi connectivity index (χ2n) is 5.57. The van der Waals surface area contributed by atoms with Gasteiger partial charge < -0.3 is 14.9 Å². The molecule has 1 aromatic rings. The molecule has 0 spiro atoms. The molecule has 2 rings (SSSR count). The van der Waals surface area contributed by atoms with E-state index in [1.807, 2.05) is 0 Å². The molecule has 0 amide bonds. The van der Waals surface area contributed by atoms with Crippen LogP contribution in [-0.4, -0.2) is 43.2 Å². The second kappa shape index (κ2) is 5.88. The fourth-order valence-electron chi connectivity index (χ4n) is 2.66. The van der Waals surface area contributed by atoms with E-state index < -0.39 is 6.10 Å². The highest BCUT2D eigenvalue weighted by molar-refractivity contribution is 5.49. The van der Waals surface area contributed by atoms with Gasteiger partial charge in [0.05, 0.1) is 11.8 Å². The maximum absolute atomic E-state index is 14.1. The molecule has 3 nitrogen and oxygen atoms in total. The van der Waals surface area contributed by atoms with Gasteiger partial charge in [-0.05, 0) is 51.6 Å². The Morgan fingerprint density at radius 2 is 1.95 bits per heavy atom. The van der Waals surface area contributed by atoms with Crippen LogP contribution in [0, 0.1) is 5.82 Å². The number of hydrogen-bond donors (Lipinski definition) is 1. The third kappa shape index (κ3) is 3.25. The summed E-state index contributed by atoms with van der Waals surface area (Å²) in [7, 11) is 4.19. The summed E-state index contributed by atoms with van der Waals surface area (Å²) in [6.07, 6.45) is 1.50. The van der Waals surface area contributed by atoms with Crippen molar-refractivity contribution in [2.45, 2.75) is 31.9 Å². The smallest absolute Gasteiger partial charge is 0.146 e. The summed E-state index contributed by atoms with van der Waals surface area (Å²) < 4.78 is 14.1. The predicted octanol–water partition coefficient (Wildman–Crippen LogP) is 2.41. The number of piperidine rings is 1. The van der Waals surface area contributed by atoms with Crippen molar-refractivity contribution < 1.29 is 9.50 Å². The summed E-state index contributed by atoms with van der Waals surface area (Å²) in [4.78, 5) is 4.34. The molecule has 1 fully saturated rings. The van der Waals surface area contributed by atoms with Crippen molar-refractivity contribution in [3.63, 3.8) is 0 Å². The average molecular weight is 266 g/mol. The first kappa shape index (κ1) is 14.3. The fraction of sp³-hybridized carbons (Fsp3) is 0.600. The van der Waals surface area contributed by atoms with Crippen LogP contribution in [0.3, 0.4) is 0 Å². The minimum absolute atomic E-state index is 0.235. The van der Waals surface area contributed by atoms with E-state index in [4.69, 9.17) is 0 Å². The van der Waals surface area contributed by atoms with Crippen LogP contribution >= 0.6 is 0 Å². The number of aliphatic hydroxyl groups excluding tert-OH is 1. The van der Waals surface area contributed by atoms with Gasteiger partial charge in [0.1, 0.15) is 5.82 Å². The summed E-state index contributed by atoms with van der Waals surface area (Å²) in [5.74, 6) is -0.235. The van der Waals surface area contributed by atoms with E-state index in [1.54, 1.807) is 19.1 Å². The molecule has 19 heavy (non-hydrogen) atoms. The van der Waals surface area contributed by atoms with Gasteiger partial charge in [0.25, 0.3) is 0 Å². The van der Waals surface area contributed by atoms with Crippen molar-refractivity contribution in [2.75, 3.05) is 32.1 Å².